The first-order valence-corrected chi connectivity index (χ1v) is 10.3. The zero-order valence-electron chi connectivity index (χ0n) is 13.0. The second-order valence-electron chi connectivity index (χ2n) is 5.73. The van der Waals surface area contributed by atoms with Gasteiger partial charge < -0.3 is 4.57 Å². The molecule has 23 heavy (non-hydrogen) atoms. The van der Waals surface area contributed by atoms with Crippen LogP contribution in [-0.4, -0.2) is 8.58 Å². The molecule has 1 aliphatic heterocycles. The van der Waals surface area contributed by atoms with E-state index in [1.165, 1.54) is 33.3 Å². The molecule has 1 aromatic heterocycles. The minimum atomic E-state index is 0.142. The summed E-state index contributed by atoms with van der Waals surface area (Å²) in [4.78, 5) is 0. The van der Waals surface area contributed by atoms with E-state index in [0.29, 0.717) is 0 Å². The van der Waals surface area contributed by atoms with E-state index in [4.69, 9.17) is 0 Å². The fourth-order valence-corrected chi connectivity index (χ4v) is 4.85. The van der Waals surface area contributed by atoms with Gasteiger partial charge in [0.05, 0.1) is 5.69 Å². The number of halogens is 1. The lowest BCUT2D eigenvalue weighted by atomic mass is 9.98. The van der Waals surface area contributed by atoms with Gasteiger partial charge in [0.1, 0.15) is 0 Å². The zero-order chi connectivity index (χ0) is 15.6. The minimum absolute atomic E-state index is 0.142. The van der Waals surface area contributed by atoms with Crippen LogP contribution in [0.5, 0.6) is 0 Å². The van der Waals surface area contributed by atoms with Crippen LogP contribution in [0.1, 0.15) is 5.56 Å². The Kier molecular flexibility index (Phi) is 4.00. The molecule has 1 aliphatic rings. The average molecular weight is 411 g/mol. The van der Waals surface area contributed by atoms with Gasteiger partial charge in [-0.15, -0.1) is 0 Å². The highest BCUT2D eigenvalue weighted by molar-refractivity contribution is 14.2. The molecule has 4 rings (SSSR count). The number of allylic oxidation sites excluding steroid dienone is 3. The van der Waals surface area contributed by atoms with E-state index in [1.807, 2.05) is 0 Å². The molecule has 0 bridgehead atoms. The summed E-state index contributed by atoms with van der Waals surface area (Å²) in [5.41, 5.74) is 6.76. The van der Waals surface area contributed by atoms with Gasteiger partial charge in [0, 0.05) is 24.4 Å². The van der Waals surface area contributed by atoms with E-state index >= 15 is 0 Å². The average Bonchev–Trinajstić information content (AvgIpc) is 2.89. The van der Waals surface area contributed by atoms with Crippen molar-refractivity contribution in [2.45, 2.75) is 6.42 Å². The second kappa shape index (κ2) is 6.28. The SMILES string of the molecule is Cn1c(-c2ccccc2)c(CC2=CC=IC=C2)c2ccccc21. The van der Waals surface area contributed by atoms with Crippen LogP contribution in [0.2, 0.25) is 0 Å². The predicted molar refractivity (Wildman–Crippen MR) is 109 cm³/mol. The minimum Gasteiger partial charge on any atom is -0.343 e. The number of benzene rings is 2. The van der Waals surface area contributed by atoms with Gasteiger partial charge in [0.2, 0.25) is 0 Å². The third-order valence-electron chi connectivity index (χ3n) is 4.34. The Bertz CT molecular complexity index is 943. The Morgan fingerprint density at radius 3 is 2.52 bits per heavy atom. The zero-order valence-corrected chi connectivity index (χ0v) is 15.2. The highest BCUT2D eigenvalue weighted by Gasteiger charge is 2.16. The molecule has 0 aliphatic carbocycles. The summed E-state index contributed by atoms with van der Waals surface area (Å²) in [5, 5.41) is 1.36. The van der Waals surface area contributed by atoms with Crippen molar-refractivity contribution in [3.8, 4) is 11.3 Å². The fraction of sp³-hybridized carbons (Fsp3) is 0.0952. The first-order chi connectivity index (χ1) is 11.3. The Labute approximate surface area is 146 Å². The molecule has 0 spiro atoms. The van der Waals surface area contributed by atoms with Crippen LogP contribution in [0.25, 0.3) is 22.2 Å². The van der Waals surface area contributed by atoms with Crippen LogP contribution in [0.3, 0.4) is 0 Å². The highest BCUT2D eigenvalue weighted by Crippen LogP contribution is 2.35. The third kappa shape index (κ3) is 2.72. The van der Waals surface area contributed by atoms with Gasteiger partial charge in [-0.3, -0.25) is 0 Å². The largest absolute Gasteiger partial charge is 0.343 e. The van der Waals surface area contributed by atoms with E-state index in [9.17, 15) is 0 Å². The van der Waals surface area contributed by atoms with Crippen LogP contribution in [-0.2, 0) is 13.5 Å². The lowest BCUT2D eigenvalue weighted by Crippen LogP contribution is -1.96. The van der Waals surface area contributed by atoms with Crippen molar-refractivity contribution in [1.29, 1.82) is 0 Å². The second-order valence-corrected chi connectivity index (χ2v) is 7.89. The van der Waals surface area contributed by atoms with Crippen LogP contribution >= 0.6 is 20.7 Å². The number of para-hydroxylation sites is 1. The van der Waals surface area contributed by atoms with Crippen molar-refractivity contribution in [1.82, 2.24) is 4.57 Å². The van der Waals surface area contributed by atoms with Crippen molar-refractivity contribution in [2.75, 3.05) is 0 Å². The molecule has 2 aromatic carbocycles. The maximum absolute atomic E-state index is 2.35. The summed E-state index contributed by atoms with van der Waals surface area (Å²) in [6.45, 7) is 0. The maximum atomic E-state index is 2.35. The number of aromatic nitrogens is 1. The number of rotatable bonds is 3. The summed E-state index contributed by atoms with van der Waals surface area (Å²) in [6, 6.07) is 19.5. The molecule has 0 saturated carbocycles. The standard InChI is InChI=1S/C21H18IN/c1-23-20-10-6-5-9-18(20)19(15-16-11-13-22-14-12-16)21(23)17-7-3-2-4-8-17/h2-14H,15H2,1H3. The molecule has 0 fully saturated rings. The molecule has 0 radical (unpaired) electrons. The van der Waals surface area contributed by atoms with E-state index in [0.717, 1.165) is 6.42 Å². The molecule has 2 heteroatoms. The summed E-state index contributed by atoms with van der Waals surface area (Å²) in [6.07, 6.45) is 5.61. The van der Waals surface area contributed by atoms with E-state index in [-0.39, 0.29) is 20.7 Å². The molecule has 0 unspecified atom stereocenters. The van der Waals surface area contributed by atoms with Crippen molar-refractivity contribution in [3.63, 3.8) is 0 Å². The number of hydrogen-bond acceptors (Lipinski definition) is 0. The van der Waals surface area contributed by atoms with Gasteiger partial charge in [0.15, 0.2) is 0 Å². The van der Waals surface area contributed by atoms with E-state index < -0.39 is 0 Å². The van der Waals surface area contributed by atoms with Gasteiger partial charge in [-0.05, 0) is 30.9 Å². The predicted octanol–water partition coefficient (Wildman–Crippen LogP) is 5.61. The normalized spacial score (nSPS) is 13.9. The molecule has 0 amide bonds. The topological polar surface area (TPSA) is 4.93 Å². The lowest BCUT2D eigenvalue weighted by molar-refractivity contribution is 0.968. The van der Waals surface area contributed by atoms with Gasteiger partial charge in [-0.2, -0.15) is 0 Å². The summed E-state index contributed by atoms with van der Waals surface area (Å²) < 4.78 is 7.03. The summed E-state index contributed by atoms with van der Waals surface area (Å²) in [7, 11) is 2.18. The molecule has 1 nitrogen and oxygen atoms in total. The first-order valence-electron chi connectivity index (χ1n) is 7.77. The molecule has 0 saturated heterocycles. The van der Waals surface area contributed by atoms with Gasteiger partial charge in [0.25, 0.3) is 0 Å². The van der Waals surface area contributed by atoms with Gasteiger partial charge >= 0.3 is 0 Å². The van der Waals surface area contributed by atoms with Crippen molar-refractivity contribution in [2.24, 2.45) is 7.05 Å². The van der Waals surface area contributed by atoms with Crippen molar-refractivity contribution in [3.05, 3.63) is 82.0 Å². The molecule has 2 heterocycles. The maximum Gasteiger partial charge on any atom is 0.0524 e. The Hall–Kier alpha value is -1.94. The molecule has 0 atom stereocenters. The van der Waals surface area contributed by atoms with Crippen molar-refractivity contribution >= 4 is 35.6 Å². The third-order valence-corrected chi connectivity index (χ3v) is 5.89. The molecular weight excluding hydrogens is 393 g/mol. The molecule has 3 aromatic rings. The highest BCUT2D eigenvalue weighted by atomic mass is 127. The Morgan fingerprint density at radius 2 is 1.74 bits per heavy atom. The van der Waals surface area contributed by atoms with E-state index in [1.54, 1.807) is 0 Å². The van der Waals surface area contributed by atoms with Gasteiger partial charge in [-0.25, -0.2) is 0 Å². The Balaban J connectivity index is 1.95. The summed E-state index contributed by atoms with van der Waals surface area (Å²) >= 11 is 0.142. The number of aryl methyl sites for hydroxylation is 1. The molecule has 114 valence electrons. The van der Waals surface area contributed by atoms with Crippen LogP contribution in [0.4, 0.5) is 0 Å². The number of nitrogens with zero attached hydrogens (tertiary/aromatic N) is 1. The molecular formula is C21H18IN. The summed E-state index contributed by atoms with van der Waals surface area (Å²) in [5.74, 6) is 0. The van der Waals surface area contributed by atoms with Crippen LogP contribution in [0.15, 0.2) is 76.4 Å². The van der Waals surface area contributed by atoms with Crippen molar-refractivity contribution < 1.29 is 0 Å². The van der Waals surface area contributed by atoms with Crippen LogP contribution < -0.4 is 0 Å². The van der Waals surface area contributed by atoms with Gasteiger partial charge in [-0.1, -0.05) is 81.4 Å². The quantitative estimate of drug-likeness (QED) is 0.494. The van der Waals surface area contributed by atoms with E-state index in [2.05, 4.69) is 86.5 Å². The van der Waals surface area contributed by atoms with Crippen LogP contribution in [0, 0.1) is 0 Å². The number of fused-ring (bicyclic) bond motifs is 1. The smallest absolute Gasteiger partial charge is 0.0524 e. The lowest BCUT2D eigenvalue weighted by Gasteiger charge is -2.10. The molecule has 0 N–H and O–H groups in total. The number of hydrogen-bond donors (Lipinski definition) is 0. The fourth-order valence-electron chi connectivity index (χ4n) is 3.27. The monoisotopic (exact) mass is 411 g/mol. The Morgan fingerprint density at radius 1 is 0.957 bits per heavy atom. The first kappa shape index (κ1) is 14.6.